The fraction of sp³-hybridized carbons (Fsp3) is 0.762. The average Bonchev–Trinajstić information content (AvgIpc) is 2.94. The summed E-state index contributed by atoms with van der Waals surface area (Å²) in [6, 6.07) is -0.0818. The summed E-state index contributed by atoms with van der Waals surface area (Å²) in [4.78, 5) is 14.9. The van der Waals surface area contributed by atoms with E-state index in [1.54, 1.807) is 0 Å². The lowest BCUT2D eigenvalue weighted by Gasteiger charge is -2.48. The first-order valence-electron chi connectivity index (χ1n) is 10.4. The van der Waals surface area contributed by atoms with Gasteiger partial charge in [0.15, 0.2) is 8.32 Å². The minimum Gasteiger partial charge on any atom is -0.545 e. The van der Waals surface area contributed by atoms with Gasteiger partial charge in [0.25, 0.3) is 0 Å². The van der Waals surface area contributed by atoms with E-state index < -0.39 is 27.8 Å². The standard InChI is InChI=1S/C21H39NO4Si2/c1-20(2,3)24-19(23)22-16-12-13-17(22)21(26-28(7,8)9)15-11-10-14-18(21)25-27(4,5)6/h10-11,14,17H,12-13,15-16H2,1-9H3/t17-,21-/m1/s1. The molecule has 0 aromatic heterocycles. The van der Waals surface area contributed by atoms with Crippen LogP contribution in [0.2, 0.25) is 39.3 Å². The lowest BCUT2D eigenvalue weighted by atomic mass is 9.84. The highest BCUT2D eigenvalue weighted by molar-refractivity contribution is 6.70. The van der Waals surface area contributed by atoms with Gasteiger partial charge in [0.1, 0.15) is 17.0 Å². The van der Waals surface area contributed by atoms with Crippen molar-refractivity contribution in [3.8, 4) is 0 Å². The molecule has 1 amide bonds. The van der Waals surface area contributed by atoms with Crippen LogP contribution in [0.3, 0.4) is 0 Å². The number of likely N-dealkylation sites (tertiary alicyclic amines) is 1. The monoisotopic (exact) mass is 425 g/mol. The molecule has 2 atom stereocenters. The van der Waals surface area contributed by atoms with E-state index >= 15 is 0 Å². The summed E-state index contributed by atoms with van der Waals surface area (Å²) >= 11 is 0. The van der Waals surface area contributed by atoms with E-state index in [-0.39, 0.29) is 12.1 Å². The number of nitrogens with zero attached hydrogens (tertiary/aromatic N) is 1. The van der Waals surface area contributed by atoms with Gasteiger partial charge in [0.05, 0.1) is 6.04 Å². The number of amides is 1. The highest BCUT2D eigenvalue weighted by Gasteiger charge is 2.53. The van der Waals surface area contributed by atoms with Crippen molar-refractivity contribution in [3.63, 3.8) is 0 Å². The van der Waals surface area contributed by atoms with Gasteiger partial charge in [-0.15, -0.1) is 0 Å². The molecule has 2 rings (SSSR count). The lowest BCUT2D eigenvalue weighted by Crippen LogP contribution is -2.59. The Hall–Kier alpha value is -1.06. The molecule has 2 aliphatic rings. The molecule has 5 nitrogen and oxygen atoms in total. The van der Waals surface area contributed by atoms with Crippen molar-refractivity contribution in [2.24, 2.45) is 0 Å². The number of carbonyl (C=O) groups is 1. The number of rotatable bonds is 5. The molecule has 0 unspecified atom stereocenters. The Morgan fingerprint density at radius 3 is 2.32 bits per heavy atom. The first-order chi connectivity index (χ1) is 12.6. The van der Waals surface area contributed by atoms with Gasteiger partial charge in [0, 0.05) is 13.0 Å². The summed E-state index contributed by atoms with van der Waals surface area (Å²) in [6.45, 7) is 19.6. The maximum absolute atomic E-state index is 13.0. The molecule has 1 aliphatic heterocycles. The summed E-state index contributed by atoms with van der Waals surface area (Å²) in [6.07, 6.45) is 8.55. The normalized spacial score (nSPS) is 26.2. The second-order valence-electron chi connectivity index (χ2n) is 10.8. The minimum absolute atomic E-state index is 0.0818. The predicted molar refractivity (Wildman–Crippen MR) is 119 cm³/mol. The Labute approximate surface area is 173 Å². The van der Waals surface area contributed by atoms with E-state index in [0.717, 1.165) is 25.0 Å². The molecule has 0 spiro atoms. The SMILES string of the molecule is CC(C)(C)OC(=O)N1CCC[C@@H]1[C@]1(O[Si](C)(C)C)CC=CC=C1O[Si](C)(C)C. The van der Waals surface area contributed by atoms with Crippen LogP contribution in [0.5, 0.6) is 0 Å². The summed E-state index contributed by atoms with van der Waals surface area (Å²) in [5.41, 5.74) is -1.15. The quantitative estimate of drug-likeness (QED) is 0.532. The van der Waals surface area contributed by atoms with Gasteiger partial charge in [-0.3, -0.25) is 0 Å². The molecule has 7 heteroatoms. The second kappa shape index (κ2) is 7.99. The van der Waals surface area contributed by atoms with Crippen LogP contribution in [-0.4, -0.2) is 51.4 Å². The number of hydrogen-bond acceptors (Lipinski definition) is 4. The Balaban J connectivity index is 2.46. The summed E-state index contributed by atoms with van der Waals surface area (Å²) in [5.74, 6) is 0.886. The molecule has 0 bridgehead atoms. The molecule has 1 heterocycles. The maximum Gasteiger partial charge on any atom is 0.410 e. The molecule has 28 heavy (non-hydrogen) atoms. The van der Waals surface area contributed by atoms with Gasteiger partial charge in [0.2, 0.25) is 8.32 Å². The molecule has 0 radical (unpaired) electrons. The molecule has 0 aromatic carbocycles. The van der Waals surface area contributed by atoms with Gasteiger partial charge in [-0.05, 0) is 79.0 Å². The molecular formula is C21H39NO4Si2. The van der Waals surface area contributed by atoms with Crippen molar-refractivity contribution in [1.29, 1.82) is 0 Å². The van der Waals surface area contributed by atoms with Crippen molar-refractivity contribution in [3.05, 3.63) is 24.0 Å². The van der Waals surface area contributed by atoms with Crippen LogP contribution in [0.1, 0.15) is 40.0 Å². The molecule has 1 saturated heterocycles. The maximum atomic E-state index is 13.0. The van der Waals surface area contributed by atoms with Gasteiger partial charge in [-0.25, -0.2) is 4.79 Å². The van der Waals surface area contributed by atoms with Crippen molar-refractivity contribution in [1.82, 2.24) is 4.90 Å². The average molecular weight is 426 g/mol. The number of hydrogen-bond donors (Lipinski definition) is 0. The zero-order chi connectivity index (χ0) is 21.4. The van der Waals surface area contributed by atoms with Crippen molar-refractivity contribution >= 4 is 22.7 Å². The number of ether oxygens (including phenoxy) is 1. The third-order valence-corrected chi connectivity index (χ3v) is 6.35. The Bertz CT molecular complexity index is 640. The van der Waals surface area contributed by atoms with Gasteiger partial charge >= 0.3 is 6.09 Å². The Morgan fingerprint density at radius 1 is 1.14 bits per heavy atom. The van der Waals surface area contributed by atoms with Gasteiger partial charge in [-0.2, -0.15) is 0 Å². The molecule has 0 saturated carbocycles. The fourth-order valence-corrected chi connectivity index (χ4v) is 6.20. The minimum atomic E-state index is -1.93. The largest absolute Gasteiger partial charge is 0.545 e. The Morgan fingerprint density at radius 2 is 1.79 bits per heavy atom. The molecule has 0 aromatic rings. The third-order valence-electron chi connectivity index (χ3n) is 4.55. The molecule has 1 aliphatic carbocycles. The highest BCUT2D eigenvalue weighted by Crippen LogP contribution is 2.43. The van der Waals surface area contributed by atoms with Crippen LogP contribution < -0.4 is 0 Å². The predicted octanol–water partition coefficient (Wildman–Crippen LogP) is 5.67. The number of allylic oxidation sites excluding steroid dienone is 2. The summed E-state index contributed by atoms with van der Waals surface area (Å²) < 4.78 is 19.2. The first kappa shape index (κ1) is 23.2. The van der Waals surface area contributed by atoms with Crippen molar-refractivity contribution < 1.29 is 18.4 Å². The second-order valence-corrected chi connectivity index (χ2v) is 19.7. The molecule has 160 valence electrons. The van der Waals surface area contributed by atoms with Crippen LogP contribution >= 0.6 is 0 Å². The summed E-state index contributed by atoms with van der Waals surface area (Å²) in [5, 5.41) is 0. The van der Waals surface area contributed by atoms with Crippen LogP contribution in [0.25, 0.3) is 0 Å². The molecule has 1 fully saturated rings. The zero-order valence-corrected chi connectivity index (χ0v) is 21.2. The van der Waals surface area contributed by atoms with Crippen LogP contribution in [0.15, 0.2) is 24.0 Å². The van der Waals surface area contributed by atoms with Gasteiger partial charge in [-0.1, -0.05) is 12.2 Å². The first-order valence-corrected chi connectivity index (χ1v) is 17.2. The van der Waals surface area contributed by atoms with Gasteiger partial charge < -0.3 is 18.5 Å². The van der Waals surface area contributed by atoms with Crippen LogP contribution in [-0.2, 0) is 13.6 Å². The third kappa shape index (κ3) is 5.97. The molecular weight excluding hydrogens is 386 g/mol. The van der Waals surface area contributed by atoms with E-state index in [2.05, 4.69) is 45.4 Å². The van der Waals surface area contributed by atoms with Crippen LogP contribution in [0, 0.1) is 0 Å². The lowest BCUT2D eigenvalue weighted by molar-refractivity contribution is -0.0296. The zero-order valence-electron chi connectivity index (χ0n) is 19.2. The van der Waals surface area contributed by atoms with Crippen molar-refractivity contribution in [2.45, 2.75) is 96.6 Å². The highest BCUT2D eigenvalue weighted by atomic mass is 28.4. The summed E-state index contributed by atoms with van der Waals surface area (Å²) in [7, 11) is -3.78. The van der Waals surface area contributed by atoms with Crippen LogP contribution in [0.4, 0.5) is 4.79 Å². The van der Waals surface area contributed by atoms with Crippen molar-refractivity contribution in [2.75, 3.05) is 6.54 Å². The molecule has 0 N–H and O–H groups in total. The van der Waals surface area contributed by atoms with E-state index in [1.165, 1.54) is 0 Å². The fourth-order valence-electron chi connectivity index (χ4n) is 3.89. The van der Waals surface area contributed by atoms with E-state index in [4.69, 9.17) is 13.6 Å². The van der Waals surface area contributed by atoms with E-state index in [9.17, 15) is 4.79 Å². The Kier molecular flexibility index (Phi) is 6.63. The number of carbonyl (C=O) groups excluding carboxylic acids is 1. The smallest absolute Gasteiger partial charge is 0.410 e. The van der Waals surface area contributed by atoms with E-state index in [1.807, 2.05) is 37.8 Å². The van der Waals surface area contributed by atoms with E-state index in [0.29, 0.717) is 6.54 Å². The topological polar surface area (TPSA) is 48.0 Å².